The molecular weight excluding hydrogens is 202 g/mol. The third-order valence-electron chi connectivity index (χ3n) is 4.00. The second-order valence-corrected chi connectivity index (χ2v) is 5.17. The van der Waals surface area contributed by atoms with Crippen molar-refractivity contribution in [3.05, 3.63) is 0 Å². The second kappa shape index (κ2) is 4.06. The van der Waals surface area contributed by atoms with Crippen molar-refractivity contribution in [3.63, 3.8) is 0 Å². The Bertz CT molecular complexity index is 334. The summed E-state index contributed by atoms with van der Waals surface area (Å²) in [6, 6.07) is 2.50. The number of hydrogen-bond acceptors (Lipinski definition) is 3. The summed E-state index contributed by atoms with van der Waals surface area (Å²) in [7, 11) is 0. The molecular formula is C12H19N3O. The summed E-state index contributed by atoms with van der Waals surface area (Å²) in [6.07, 6.45) is 2.21. The van der Waals surface area contributed by atoms with Crippen molar-refractivity contribution in [2.45, 2.75) is 44.7 Å². The molecule has 16 heavy (non-hydrogen) atoms. The van der Waals surface area contributed by atoms with Crippen LogP contribution in [0, 0.1) is 11.3 Å². The van der Waals surface area contributed by atoms with E-state index in [1.54, 1.807) is 0 Å². The van der Waals surface area contributed by atoms with Gasteiger partial charge in [0.2, 0.25) is 5.91 Å². The average molecular weight is 221 g/mol. The predicted octanol–water partition coefficient (Wildman–Crippen LogP) is 0.985. The largest absolute Gasteiger partial charge is 0.335 e. The average Bonchev–Trinajstić information content (AvgIpc) is 2.63. The zero-order valence-corrected chi connectivity index (χ0v) is 10.1. The van der Waals surface area contributed by atoms with Crippen molar-refractivity contribution < 1.29 is 4.79 Å². The monoisotopic (exact) mass is 221 g/mol. The fourth-order valence-corrected chi connectivity index (χ4v) is 2.85. The predicted molar refractivity (Wildman–Crippen MR) is 60.6 cm³/mol. The van der Waals surface area contributed by atoms with Crippen LogP contribution in [-0.2, 0) is 4.79 Å². The van der Waals surface area contributed by atoms with Crippen molar-refractivity contribution in [3.8, 4) is 6.07 Å². The molecule has 0 aromatic carbocycles. The number of carbonyl (C=O) groups is 1. The molecule has 0 N–H and O–H groups in total. The minimum Gasteiger partial charge on any atom is -0.335 e. The summed E-state index contributed by atoms with van der Waals surface area (Å²) in [5.74, 6) is 0.0133. The Labute approximate surface area is 96.8 Å². The molecule has 0 bridgehead atoms. The SMILES string of the molecule is CC(C)N1CCC2(CCN2C(=O)CC#N)C1. The molecule has 0 radical (unpaired) electrons. The Hall–Kier alpha value is -1.08. The molecule has 1 atom stereocenters. The van der Waals surface area contributed by atoms with Gasteiger partial charge in [-0.05, 0) is 26.7 Å². The number of amides is 1. The molecule has 0 saturated carbocycles. The maximum absolute atomic E-state index is 11.7. The first-order valence-corrected chi connectivity index (χ1v) is 6.00. The van der Waals surface area contributed by atoms with E-state index in [-0.39, 0.29) is 17.9 Å². The van der Waals surface area contributed by atoms with E-state index in [0.29, 0.717) is 6.04 Å². The van der Waals surface area contributed by atoms with Crippen LogP contribution in [0.15, 0.2) is 0 Å². The van der Waals surface area contributed by atoms with E-state index in [2.05, 4.69) is 18.7 Å². The van der Waals surface area contributed by atoms with E-state index in [1.165, 1.54) is 0 Å². The van der Waals surface area contributed by atoms with Crippen molar-refractivity contribution in [2.24, 2.45) is 0 Å². The number of rotatable bonds is 2. The lowest BCUT2D eigenvalue weighted by atomic mass is 9.83. The number of likely N-dealkylation sites (tertiary alicyclic amines) is 2. The molecule has 1 unspecified atom stereocenters. The summed E-state index contributed by atoms with van der Waals surface area (Å²) in [6.45, 7) is 7.29. The van der Waals surface area contributed by atoms with Crippen LogP contribution < -0.4 is 0 Å². The van der Waals surface area contributed by atoms with Gasteiger partial charge in [0.15, 0.2) is 0 Å². The lowest BCUT2D eigenvalue weighted by Gasteiger charge is -2.50. The van der Waals surface area contributed by atoms with Crippen LogP contribution in [0.25, 0.3) is 0 Å². The molecule has 0 aromatic rings. The van der Waals surface area contributed by atoms with Crippen LogP contribution in [0.3, 0.4) is 0 Å². The van der Waals surface area contributed by atoms with Crippen LogP contribution in [0.5, 0.6) is 0 Å². The van der Waals surface area contributed by atoms with Crippen LogP contribution in [0.4, 0.5) is 0 Å². The van der Waals surface area contributed by atoms with Crippen molar-refractivity contribution in [1.82, 2.24) is 9.80 Å². The molecule has 2 aliphatic heterocycles. The minimum atomic E-state index is 0.0133. The van der Waals surface area contributed by atoms with Gasteiger partial charge in [0.05, 0.1) is 11.6 Å². The van der Waals surface area contributed by atoms with E-state index >= 15 is 0 Å². The van der Waals surface area contributed by atoms with Crippen LogP contribution >= 0.6 is 0 Å². The number of hydrogen-bond donors (Lipinski definition) is 0. The summed E-state index contributed by atoms with van der Waals surface area (Å²) in [5, 5.41) is 8.57. The van der Waals surface area contributed by atoms with Crippen molar-refractivity contribution in [1.29, 1.82) is 5.26 Å². The number of carbonyl (C=O) groups excluding carboxylic acids is 1. The lowest BCUT2D eigenvalue weighted by molar-refractivity contribution is -0.145. The zero-order valence-electron chi connectivity index (χ0n) is 10.1. The summed E-state index contributed by atoms with van der Waals surface area (Å²) >= 11 is 0. The second-order valence-electron chi connectivity index (χ2n) is 5.17. The highest BCUT2D eigenvalue weighted by atomic mass is 16.2. The molecule has 2 rings (SSSR count). The lowest BCUT2D eigenvalue weighted by Crippen LogP contribution is -2.63. The maximum Gasteiger partial charge on any atom is 0.237 e. The van der Waals surface area contributed by atoms with E-state index in [4.69, 9.17) is 5.26 Å². The molecule has 4 heteroatoms. The molecule has 1 amide bonds. The first-order chi connectivity index (χ1) is 7.59. The van der Waals surface area contributed by atoms with Gasteiger partial charge in [-0.15, -0.1) is 0 Å². The van der Waals surface area contributed by atoms with Gasteiger partial charge in [0.1, 0.15) is 6.42 Å². The smallest absolute Gasteiger partial charge is 0.237 e. The van der Waals surface area contributed by atoms with Gasteiger partial charge in [0, 0.05) is 25.7 Å². The highest BCUT2D eigenvalue weighted by Crippen LogP contribution is 2.39. The van der Waals surface area contributed by atoms with Crippen LogP contribution in [-0.4, -0.2) is 46.9 Å². The summed E-state index contributed by atoms with van der Waals surface area (Å²) in [5.41, 5.74) is 0.0677. The van der Waals surface area contributed by atoms with Gasteiger partial charge < -0.3 is 4.90 Å². The van der Waals surface area contributed by atoms with Crippen molar-refractivity contribution >= 4 is 5.91 Å². The Kier molecular flexibility index (Phi) is 2.90. The maximum atomic E-state index is 11.7. The Morgan fingerprint density at radius 2 is 2.12 bits per heavy atom. The third-order valence-corrected chi connectivity index (χ3v) is 4.00. The molecule has 4 nitrogen and oxygen atoms in total. The molecule has 0 aliphatic carbocycles. The van der Waals surface area contributed by atoms with E-state index in [1.807, 2.05) is 11.0 Å². The molecule has 2 fully saturated rings. The molecule has 2 saturated heterocycles. The van der Waals surface area contributed by atoms with Crippen LogP contribution in [0.2, 0.25) is 0 Å². The molecule has 2 aliphatic rings. The Morgan fingerprint density at radius 3 is 2.56 bits per heavy atom. The molecule has 2 heterocycles. The topological polar surface area (TPSA) is 47.3 Å². The molecule has 1 spiro atoms. The third kappa shape index (κ3) is 1.69. The number of nitriles is 1. The van der Waals surface area contributed by atoms with Gasteiger partial charge in [-0.25, -0.2) is 0 Å². The highest BCUT2D eigenvalue weighted by Gasteiger charge is 2.51. The van der Waals surface area contributed by atoms with Gasteiger partial charge in [-0.2, -0.15) is 5.26 Å². The van der Waals surface area contributed by atoms with Gasteiger partial charge in [0.25, 0.3) is 0 Å². The Morgan fingerprint density at radius 1 is 1.44 bits per heavy atom. The summed E-state index contributed by atoms with van der Waals surface area (Å²) < 4.78 is 0. The van der Waals surface area contributed by atoms with Gasteiger partial charge in [-0.1, -0.05) is 0 Å². The number of nitrogens with zero attached hydrogens (tertiary/aromatic N) is 3. The van der Waals surface area contributed by atoms with Gasteiger partial charge >= 0.3 is 0 Å². The highest BCUT2D eigenvalue weighted by molar-refractivity contribution is 5.80. The molecule has 0 aromatic heterocycles. The molecule has 88 valence electrons. The first kappa shape index (κ1) is 11.4. The van der Waals surface area contributed by atoms with E-state index < -0.39 is 0 Å². The standard InChI is InChI=1S/C12H19N3O/c1-10(2)14-7-4-12(9-14)5-8-15(12)11(16)3-6-13/h10H,3-5,7-9H2,1-2H3. The zero-order chi connectivity index (χ0) is 11.8. The van der Waals surface area contributed by atoms with E-state index in [9.17, 15) is 4.79 Å². The van der Waals surface area contributed by atoms with Crippen molar-refractivity contribution in [2.75, 3.05) is 19.6 Å². The normalized spacial score (nSPS) is 29.5. The fraction of sp³-hybridized carbons (Fsp3) is 0.833. The quantitative estimate of drug-likeness (QED) is 0.698. The fourth-order valence-electron chi connectivity index (χ4n) is 2.85. The van der Waals surface area contributed by atoms with Crippen LogP contribution in [0.1, 0.15) is 33.1 Å². The van der Waals surface area contributed by atoms with Gasteiger partial charge in [-0.3, -0.25) is 9.69 Å². The first-order valence-electron chi connectivity index (χ1n) is 6.00. The summed E-state index contributed by atoms with van der Waals surface area (Å²) in [4.78, 5) is 16.1. The Balaban J connectivity index is 2.01. The minimum absolute atomic E-state index is 0.0133. The van der Waals surface area contributed by atoms with E-state index in [0.717, 1.165) is 32.5 Å².